The number of sulfonamides is 1. The zero-order chi connectivity index (χ0) is 18.8. The Balaban J connectivity index is 2.27. The summed E-state index contributed by atoms with van der Waals surface area (Å²) in [5.74, 6) is -1.10. The summed E-state index contributed by atoms with van der Waals surface area (Å²) in [6.07, 6.45) is 0.971. The number of methoxy groups -OCH3 is 1. The molecule has 0 aromatic heterocycles. The SMILES string of the molecule is COC(=O)CNC(=O)[C@H]1CCCN1S(=O)(=O)c1cc(C)c(Cl)cc1C. The normalized spacial score (nSPS) is 18.2. The summed E-state index contributed by atoms with van der Waals surface area (Å²) in [5.41, 5.74) is 1.17. The standard InChI is InChI=1S/C16H21ClN2O5S/c1-10-8-14(11(2)7-12(10)17)25(22,23)19-6-4-5-13(19)16(21)18-9-15(20)24-3/h7-8,13H,4-6,9H2,1-3H3,(H,18,21)/t13-/m1/s1. The molecule has 7 nitrogen and oxygen atoms in total. The van der Waals surface area contributed by atoms with Crippen LogP contribution >= 0.6 is 11.6 Å². The van der Waals surface area contributed by atoms with E-state index in [2.05, 4.69) is 10.1 Å². The highest BCUT2D eigenvalue weighted by molar-refractivity contribution is 7.89. The number of amides is 1. The third-order valence-corrected chi connectivity index (χ3v) is 6.64. The molecule has 9 heteroatoms. The van der Waals surface area contributed by atoms with Crippen LogP contribution in [0, 0.1) is 13.8 Å². The van der Waals surface area contributed by atoms with E-state index in [-0.39, 0.29) is 18.0 Å². The minimum Gasteiger partial charge on any atom is -0.468 e. The summed E-state index contributed by atoms with van der Waals surface area (Å²) >= 11 is 6.04. The Morgan fingerprint density at radius 2 is 2.00 bits per heavy atom. The molecule has 0 radical (unpaired) electrons. The number of halogens is 1. The molecule has 1 aromatic carbocycles. The Kier molecular flexibility index (Phi) is 6.08. The van der Waals surface area contributed by atoms with Gasteiger partial charge in [0.2, 0.25) is 15.9 Å². The lowest BCUT2D eigenvalue weighted by Gasteiger charge is -2.24. The topological polar surface area (TPSA) is 92.8 Å². The zero-order valence-electron chi connectivity index (χ0n) is 14.3. The Hall–Kier alpha value is -1.64. The van der Waals surface area contributed by atoms with Crippen molar-refractivity contribution in [1.82, 2.24) is 9.62 Å². The van der Waals surface area contributed by atoms with Crippen molar-refractivity contribution in [2.24, 2.45) is 0 Å². The molecule has 138 valence electrons. The number of hydrogen-bond donors (Lipinski definition) is 1. The molecule has 1 aliphatic heterocycles. The molecule has 1 fully saturated rings. The number of carbonyl (C=O) groups is 2. The first-order chi connectivity index (χ1) is 11.7. The van der Waals surface area contributed by atoms with Crippen molar-refractivity contribution in [3.05, 3.63) is 28.3 Å². The maximum atomic E-state index is 13.0. The largest absolute Gasteiger partial charge is 0.468 e. The number of carbonyl (C=O) groups excluding carboxylic acids is 2. The number of nitrogens with one attached hydrogen (secondary N) is 1. The molecule has 1 aliphatic rings. The van der Waals surface area contributed by atoms with Crippen molar-refractivity contribution >= 4 is 33.5 Å². The zero-order valence-corrected chi connectivity index (χ0v) is 15.9. The van der Waals surface area contributed by atoms with Gasteiger partial charge in [-0.1, -0.05) is 11.6 Å². The van der Waals surface area contributed by atoms with Gasteiger partial charge in [0.15, 0.2) is 0 Å². The molecule has 0 bridgehead atoms. The Labute approximate surface area is 152 Å². The maximum absolute atomic E-state index is 13.0. The lowest BCUT2D eigenvalue weighted by Crippen LogP contribution is -2.47. The summed E-state index contributed by atoms with van der Waals surface area (Å²) in [4.78, 5) is 23.6. The van der Waals surface area contributed by atoms with Crippen LogP contribution in [0.5, 0.6) is 0 Å². The van der Waals surface area contributed by atoms with Crippen molar-refractivity contribution in [3.8, 4) is 0 Å². The van der Waals surface area contributed by atoms with Crippen LogP contribution in [0.25, 0.3) is 0 Å². The Morgan fingerprint density at radius 1 is 1.32 bits per heavy atom. The number of ether oxygens (including phenoxy) is 1. The second-order valence-electron chi connectivity index (χ2n) is 5.93. The van der Waals surface area contributed by atoms with Gasteiger partial charge in [0.25, 0.3) is 0 Å². The van der Waals surface area contributed by atoms with E-state index in [4.69, 9.17) is 11.6 Å². The molecule has 0 aliphatic carbocycles. The van der Waals surface area contributed by atoms with Gasteiger partial charge in [-0.25, -0.2) is 8.42 Å². The molecule has 1 aromatic rings. The summed E-state index contributed by atoms with van der Waals surface area (Å²) in [6, 6.07) is 2.28. The van der Waals surface area contributed by atoms with Crippen molar-refractivity contribution in [2.75, 3.05) is 20.2 Å². The highest BCUT2D eigenvalue weighted by Gasteiger charge is 2.40. The van der Waals surface area contributed by atoms with Crippen molar-refractivity contribution in [3.63, 3.8) is 0 Å². The quantitative estimate of drug-likeness (QED) is 0.769. The minimum absolute atomic E-state index is 0.141. The lowest BCUT2D eigenvalue weighted by molar-refractivity contribution is -0.141. The van der Waals surface area contributed by atoms with E-state index in [0.29, 0.717) is 29.0 Å². The second kappa shape index (κ2) is 7.72. The Bertz CT molecular complexity index is 794. The molecule has 1 saturated heterocycles. The first-order valence-electron chi connectivity index (χ1n) is 7.81. The van der Waals surface area contributed by atoms with Gasteiger partial charge in [-0.15, -0.1) is 0 Å². The fourth-order valence-electron chi connectivity index (χ4n) is 2.80. The average Bonchev–Trinajstić information content (AvgIpc) is 3.06. The molecule has 1 atom stereocenters. The van der Waals surface area contributed by atoms with Crippen LogP contribution in [0.2, 0.25) is 5.02 Å². The smallest absolute Gasteiger partial charge is 0.325 e. The summed E-state index contributed by atoms with van der Waals surface area (Å²) < 4.78 is 31.7. The number of esters is 1. The number of hydrogen-bond acceptors (Lipinski definition) is 5. The summed E-state index contributed by atoms with van der Waals surface area (Å²) in [6.45, 7) is 3.35. The molecule has 1 heterocycles. The minimum atomic E-state index is -3.85. The van der Waals surface area contributed by atoms with Gasteiger partial charge in [0.1, 0.15) is 12.6 Å². The van der Waals surface area contributed by atoms with Gasteiger partial charge in [-0.2, -0.15) is 4.31 Å². The Morgan fingerprint density at radius 3 is 2.64 bits per heavy atom. The third-order valence-electron chi connectivity index (χ3n) is 4.18. The van der Waals surface area contributed by atoms with Gasteiger partial charge < -0.3 is 10.1 Å². The third kappa shape index (κ3) is 4.13. The van der Waals surface area contributed by atoms with Crippen LogP contribution in [0.15, 0.2) is 17.0 Å². The van der Waals surface area contributed by atoms with Crippen molar-refractivity contribution in [2.45, 2.75) is 37.6 Å². The number of benzene rings is 1. The van der Waals surface area contributed by atoms with Crippen LogP contribution in [0.4, 0.5) is 0 Å². The van der Waals surface area contributed by atoms with Gasteiger partial charge in [0.05, 0.1) is 12.0 Å². The summed E-state index contributed by atoms with van der Waals surface area (Å²) in [7, 11) is -2.63. The fourth-order valence-corrected chi connectivity index (χ4v) is 4.97. The highest BCUT2D eigenvalue weighted by atomic mass is 35.5. The van der Waals surface area contributed by atoms with Crippen LogP contribution in [-0.2, 0) is 24.3 Å². The predicted octanol–water partition coefficient (Wildman–Crippen LogP) is 1.40. The molecule has 2 rings (SSSR count). The molecule has 0 unspecified atom stereocenters. The molecule has 25 heavy (non-hydrogen) atoms. The van der Waals surface area contributed by atoms with Gasteiger partial charge >= 0.3 is 5.97 Å². The molecule has 1 N–H and O–H groups in total. The monoisotopic (exact) mass is 388 g/mol. The van der Waals surface area contributed by atoms with Crippen molar-refractivity contribution < 1.29 is 22.7 Å². The van der Waals surface area contributed by atoms with E-state index in [1.54, 1.807) is 19.9 Å². The van der Waals surface area contributed by atoms with Crippen LogP contribution < -0.4 is 5.32 Å². The van der Waals surface area contributed by atoms with E-state index < -0.39 is 27.9 Å². The average molecular weight is 389 g/mol. The van der Waals surface area contributed by atoms with Gasteiger partial charge in [-0.3, -0.25) is 9.59 Å². The number of rotatable bonds is 5. The fraction of sp³-hybridized carbons (Fsp3) is 0.500. The first-order valence-corrected chi connectivity index (χ1v) is 9.63. The highest BCUT2D eigenvalue weighted by Crippen LogP contribution is 2.30. The molecular formula is C16H21ClN2O5S. The predicted molar refractivity (Wildman–Crippen MR) is 92.9 cm³/mol. The maximum Gasteiger partial charge on any atom is 0.325 e. The molecule has 0 saturated carbocycles. The van der Waals surface area contributed by atoms with Crippen LogP contribution in [0.3, 0.4) is 0 Å². The first kappa shape index (κ1) is 19.7. The van der Waals surface area contributed by atoms with E-state index >= 15 is 0 Å². The van der Waals surface area contributed by atoms with E-state index in [1.807, 2.05) is 0 Å². The number of nitrogens with zero attached hydrogens (tertiary/aromatic N) is 1. The summed E-state index contributed by atoms with van der Waals surface area (Å²) in [5, 5.41) is 2.91. The molecular weight excluding hydrogens is 368 g/mol. The van der Waals surface area contributed by atoms with Crippen molar-refractivity contribution in [1.29, 1.82) is 0 Å². The molecule has 1 amide bonds. The van der Waals surface area contributed by atoms with E-state index in [9.17, 15) is 18.0 Å². The van der Waals surface area contributed by atoms with Crippen LogP contribution in [-0.4, -0.2) is 50.8 Å². The van der Waals surface area contributed by atoms with E-state index in [0.717, 1.165) is 0 Å². The number of aryl methyl sites for hydroxylation is 2. The lowest BCUT2D eigenvalue weighted by atomic mass is 10.2. The van der Waals surface area contributed by atoms with E-state index in [1.165, 1.54) is 17.5 Å². The second-order valence-corrected chi connectivity index (χ2v) is 8.20. The van der Waals surface area contributed by atoms with Gasteiger partial charge in [0, 0.05) is 11.6 Å². The molecule has 0 spiro atoms. The van der Waals surface area contributed by atoms with Crippen LogP contribution in [0.1, 0.15) is 24.0 Å². The van der Waals surface area contributed by atoms with Gasteiger partial charge in [-0.05, 0) is 49.9 Å².